The first-order valence-electron chi connectivity index (χ1n) is 6.56. The van der Waals surface area contributed by atoms with Crippen LogP contribution < -0.4 is 14.8 Å². The summed E-state index contributed by atoms with van der Waals surface area (Å²) in [6, 6.07) is 13.2. The molecule has 0 aliphatic heterocycles. The van der Waals surface area contributed by atoms with Crippen LogP contribution in [0.1, 0.15) is 12.5 Å². The first-order chi connectivity index (χ1) is 9.72. The molecule has 0 radical (unpaired) electrons. The highest BCUT2D eigenvalue weighted by Gasteiger charge is 2.06. The summed E-state index contributed by atoms with van der Waals surface area (Å²) in [5.74, 6) is 2.28. The third kappa shape index (κ3) is 3.89. The van der Waals surface area contributed by atoms with E-state index < -0.39 is 0 Å². The zero-order valence-electron chi connectivity index (χ0n) is 11.7. The Hall–Kier alpha value is -1.71. The molecule has 0 saturated carbocycles. The maximum Gasteiger partial charge on any atom is 0.133 e. The first kappa shape index (κ1) is 14.7. The maximum absolute atomic E-state index is 6.04. The second-order valence-electron chi connectivity index (χ2n) is 4.29. The van der Waals surface area contributed by atoms with Crippen molar-refractivity contribution in [2.75, 3.05) is 13.7 Å². The largest absolute Gasteiger partial charge is 0.494 e. The predicted octanol–water partition coefficient (Wildman–Crippen LogP) is 4.25. The fourth-order valence-corrected chi connectivity index (χ4v) is 2.04. The van der Waals surface area contributed by atoms with E-state index >= 15 is 0 Å². The van der Waals surface area contributed by atoms with E-state index in [2.05, 4.69) is 5.32 Å². The van der Waals surface area contributed by atoms with Crippen LogP contribution in [0.4, 0.5) is 0 Å². The van der Waals surface area contributed by atoms with Gasteiger partial charge >= 0.3 is 0 Å². The van der Waals surface area contributed by atoms with Gasteiger partial charge in [0.25, 0.3) is 0 Å². The number of nitrogens with one attached hydrogen (secondary N) is 1. The molecule has 0 amide bonds. The van der Waals surface area contributed by atoms with Gasteiger partial charge in [-0.1, -0.05) is 23.7 Å². The fraction of sp³-hybridized carbons (Fsp3) is 0.250. The van der Waals surface area contributed by atoms with Crippen molar-refractivity contribution in [3.8, 4) is 17.2 Å². The molecule has 0 saturated heterocycles. The van der Waals surface area contributed by atoms with Crippen molar-refractivity contribution in [2.24, 2.45) is 0 Å². The zero-order chi connectivity index (χ0) is 14.4. The zero-order valence-corrected chi connectivity index (χ0v) is 12.4. The molecule has 0 unspecified atom stereocenters. The summed E-state index contributed by atoms with van der Waals surface area (Å²) in [5, 5.41) is 3.77. The molecule has 4 heteroatoms. The van der Waals surface area contributed by atoms with Gasteiger partial charge in [-0.3, -0.25) is 0 Å². The Morgan fingerprint density at radius 3 is 2.65 bits per heavy atom. The summed E-state index contributed by atoms with van der Waals surface area (Å²) in [6.45, 7) is 3.30. The third-order valence-corrected chi connectivity index (χ3v) is 2.98. The molecule has 0 bridgehead atoms. The minimum absolute atomic E-state index is 0.631. The van der Waals surface area contributed by atoms with Crippen LogP contribution in [0, 0.1) is 0 Å². The molecule has 0 aliphatic carbocycles. The van der Waals surface area contributed by atoms with Crippen LogP contribution in [-0.2, 0) is 6.54 Å². The van der Waals surface area contributed by atoms with Crippen molar-refractivity contribution in [3.05, 3.63) is 53.1 Å². The molecule has 0 heterocycles. The van der Waals surface area contributed by atoms with Gasteiger partial charge in [0.05, 0.1) is 6.61 Å². The molecule has 2 rings (SSSR count). The van der Waals surface area contributed by atoms with E-state index in [1.807, 2.05) is 56.4 Å². The van der Waals surface area contributed by atoms with Crippen LogP contribution >= 0.6 is 11.6 Å². The van der Waals surface area contributed by atoms with Gasteiger partial charge in [-0.2, -0.15) is 0 Å². The molecule has 1 N–H and O–H groups in total. The Kier molecular flexibility index (Phi) is 5.27. The lowest BCUT2D eigenvalue weighted by Gasteiger charge is -2.12. The number of hydrogen-bond acceptors (Lipinski definition) is 3. The van der Waals surface area contributed by atoms with Crippen molar-refractivity contribution in [2.45, 2.75) is 13.5 Å². The van der Waals surface area contributed by atoms with Crippen LogP contribution in [0.15, 0.2) is 42.5 Å². The van der Waals surface area contributed by atoms with Gasteiger partial charge in [0, 0.05) is 23.2 Å². The topological polar surface area (TPSA) is 30.5 Å². The average Bonchev–Trinajstić information content (AvgIpc) is 2.43. The lowest BCUT2D eigenvalue weighted by molar-refractivity contribution is 0.338. The standard InChI is InChI=1S/C16H18ClNO2/c1-3-19-14-5-4-6-15(10-14)20-16-9-13(17)8-7-12(16)11-18-2/h4-10,18H,3,11H2,1-2H3. The van der Waals surface area contributed by atoms with E-state index in [4.69, 9.17) is 21.1 Å². The van der Waals surface area contributed by atoms with Crippen molar-refractivity contribution in [1.82, 2.24) is 5.32 Å². The normalized spacial score (nSPS) is 10.3. The summed E-state index contributed by atoms with van der Waals surface area (Å²) in [7, 11) is 1.90. The van der Waals surface area contributed by atoms with Gasteiger partial charge in [0.2, 0.25) is 0 Å². The van der Waals surface area contributed by atoms with Crippen molar-refractivity contribution in [1.29, 1.82) is 0 Å². The molecule has 20 heavy (non-hydrogen) atoms. The number of benzene rings is 2. The lowest BCUT2D eigenvalue weighted by atomic mass is 10.2. The molecule has 3 nitrogen and oxygen atoms in total. The Morgan fingerprint density at radius 1 is 1.10 bits per heavy atom. The summed E-state index contributed by atoms with van der Waals surface area (Å²) in [5.41, 5.74) is 1.05. The highest BCUT2D eigenvalue weighted by atomic mass is 35.5. The number of halogens is 1. The molecule has 2 aromatic carbocycles. The van der Waals surface area contributed by atoms with Gasteiger partial charge in [-0.25, -0.2) is 0 Å². The van der Waals surface area contributed by atoms with Gasteiger partial charge in [-0.05, 0) is 38.2 Å². The number of ether oxygens (including phenoxy) is 2. The molecule has 0 spiro atoms. The van der Waals surface area contributed by atoms with Crippen molar-refractivity contribution < 1.29 is 9.47 Å². The van der Waals surface area contributed by atoms with Crippen LogP contribution in [-0.4, -0.2) is 13.7 Å². The van der Waals surface area contributed by atoms with E-state index in [1.165, 1.54) is 0 Å². The second-order valence-corrected chi connectivity index (χ2v) is 4.73. The van der Waals surface area contributed by atoms with E-state index in [0.717, 1.165) is 29.4 Å². The maximum atomic E-state index is 6.04. The Bertz CT molecular complexity index is 572. The SMILES string of the molecule is CCOc1cccc(Oc2cc(Cl)ccc2CNC)c1. The minimum Gasteiger partial charge on any atom is -0.494 e. The predicted molar refractivity (Wildman–Crippen MR) is 81.9 cm³/mol. The Morgan fingerprint density at radius 2 is 1.90 bits per heavy atom. The molecule has 0 fully saturated rings. The summed E-state index contributed by atoms with van der Waals surface area (Å²) < 4.78 is 11.4. The molecule has 106 valence electrons. The Labute approximate surface area is 124 Å². The minimum atomic E-state index is 0.631. The van der Waals surface area contributed by atoms with Gasteiger partial charge < -0.3 is 14.8 Å². The second kappa shape index (κ2) is 7.17. The summed E-state index contributed by atoms with van der Waals surface area (Å²) >= 11 is 6.04. The highest BCUT2D eigenvalue weighted by molar-refractivity contribution is 6.30. The van der Waals surface area contributed by atoms with Gasteiger partial charge in [-0.15, -0.1) is 0 Å². The van der Waals surface area contributed by atoms with E-state index in [0.29, 0.717) is 11.6 Å². The molecular weight excluding hydrogens is 274 g/mol. The van der Waals surface area contributed by atoms with Gasteiger partial charge in [0.1, 0.15) is 17.2 Å². The third-order valence-electron chi connectivity index (χ3n) is 2.74. The monoisotopic (exact) mass is 291 g/mol. The van der Waals surface area contributed by atoms with Gasteiger partial charge in [0.15, 0.2) is 0 Å². The van der Waals surface area contributed by atoms with Crippen LogP contribution in [0.5, 0.6) is 17.2 Å². The molecule has 2 aromatic rings. The van der Waals surface area contributed by atoms with E-state index in [1.54, 1.807) is 0 Å². The summed E-state index contributed by atoms with van der Waals surface area (Å²) in [6.07, 6.45) is 0. The van der Waals surface area contributed by atoms with E-state index in [9.17, 15) is 0 Å². The van der Waals surface area contributed by atoms with Crippen molar-refractivity contribution in [3.63, 3.8) is 0 Å². The molecule has 0 aromatic heterocycles. The first-order valence-corrected chi connectivity index (χ1v) is 6.94. The quantitative estimate of drug-likeness (QED) is 0.863. The van der Waals surface area contributed by atoms with Crippen molar-refractivity contribution >= 4 is 11.6 Å². The fourth-order valence-electron chi connectivity index (χ4n) is 1.88. The average molecular weight is 292 g/mol. The molecular formula is C16H18ClNO2. The van der Waals surface area contributed by atoms with Crippen LogP contribution in [0.3, 0.4) is 0 Å². The Balaban J connectivity index is 2.24. The van der Waals surface area contributed by atoms with E-state index in [-0.39, 0.29) is 0 Å². The number of hydrogen-bond donors (Lipinski definition) is 1. The van der Waals surface area contributed by atoms with Crippen LogP contribution in [0.2, 0.25) is 5.02 Å². The lowest BCUT2D eigenvalue weighted by Crippen LogP contribution is -2.06. The highest BCUT2D eigenvalue weighted by Crippen LogP contribution is 2.30. The summed E-state index contributed by atoms with van der Waals surface area (Å²) in [4.78, 5) is 0. The molecule has 0 aliphatic rings. The number of rotatable bonds is 6. The smallest absolute Gasteiger partial charge is 0.133 e. The van der Waals surface area contributed by atoms with Crippen LogP contribution in [0.25, 0.3) is 0 Å². The molecule has 0 atom stereocenters.